The molecule has 0 saturated carbocycles. The lowest BCUT2D eigenvalue weighted by atomic mass is 9.95. The lowest BCUT2D eigenvalue weighted by Gasteiger charge is -2.14. The Kier molecular flexibility index (Phi) is 5.25. The van der Waals surface area contributed by atoms with Crippen molar-refractivity contribution in [3.63, 3.8) is 0 Å². The van der Waals surface area contributed by atoms with Crippen LogP contribution in [-0.2, 0) is 4.79 Å². The van der Waals surface area contributed by atoms with Gasteiger partial charge in [0.1, 0.15) is 16.9 Å². The van der Waals surface area contributed by atoms with Gasteiger partial charge in [-0.3, -0.25) is 4.79 Å². The zero-order chi connectivity index (χ0) is 15.5. The molecule has 1 amide bonds. The van der Waals surface area contributed by atoms with Gasteiger partial charge in [0.25, 0.3) is 5.91 Å². The molecule has 5 nitrogen and oxygen atoms in total. The van der Waals surface area contributed by atoms with E-state index < -0.39 is 17.9 Å². The van der Waals surface area contributed by atoms with Gasteiger partial charge >= 0.3 is 5.97 Å². The maximum absolute atomic E-state index is 11.9. The fraction of sp³-hybridized carbons (Fsp3) is 0.385. The van der Waals surface area contributed by atoms with E-state index in [0.717, 1.165) is 0 Å². The lowest BCUT2D eigenvalue weighted by molar-refractivity contribution is -0.137. The summed E-state index contributed by atoms with van der Waals surface area (Å²) < 4.78 is 0. The molecule has 1 heterocycles. The average molecular weight is 319 g/mol. The first-order valence-corrected chi connectivity index (χ1v) is 6.63. The molecular weight excluding hydrogens is 303 g/mol. The normalized spacial score (nSPS) is 13.4. The molecule has 0 bridgehead atoms. The molecular formula is C13H16Cl2N2O3. The van der Waals surface area contributed by atoms with E-state index >= 15 is 0 Å². The highest BCUT2D eigenvalue weighted by Crippen LogP contribution is 2.21. The monoisotopic (exact) mass is 318 g/mol. The number of aliphatic carboxylic acids is 1. The van der Waals surface area contributed by atoms with Gasteiger partial charge in [0.2, 0.25) is 0 Å². The number of allylic oxidation sites excluding steroid dienone is 1. The summed E-state index contributed by atoms with van der Waals surface area (Å²) >= 11 is 11.4. The van der Waals surface area contributed by atoms with Gasteiger partial charge in [-0.15, -0.1) is 0 Å². The first-order chi connectivity index (χ1) is 9.10. The third kappa shape index (κ3) is 4.90. The Balaban J connectivity index is 2.83. The van der Waals surface area contributed by atoms with Crippen LogP contribution in [0.25, 0.3) is 0 Å². The standard InChI is InChI=1S/C13H16Cl2N2O3/c1-13(2,3)5-4-8(12(19)20)17-11(18)9-6-7(14)10(15)16-9/h4-6,8,16H,1-3H3,(H,17,18)(H,19,20)/b5-4+. The number of carbonyl (C=O) groups is 2. The molecule has 0 fully saturated rings. The van der Waals surface area contributed by atoms with Gasteiger partial charge < -0.3 is 15.4 Å². The fourth-order valence-corrected chi connectivity index (χ4v) is 1.64. The van der Waals surface area contributed by atoms with Crippen molar-refractivity contribution in [2.24, 2.45) is 5.41 Å². The quantitative estimate of drug-likeness (QED) is 0.746. The van der Waals surface area contributed by atoms with Crippen LogP contribution in [0.5, 0.6) is 0 Å². The minimum Gasteiger partial charge on any atom is -0.479 e. The molecule has 1 aromatic rings. The molecule has 110 valence electrons. The number of aromatic nitrogens is 1. The first-order valence-electron chi connectivity index (χ1n) is 5.87. The highest BCUT2D eigenvalue weighted by Gasteiger charge is 2.20. The Labute approximate surface area is 127 Å². The number of aromatic amines is 1. The Bertz CT molecular complexity index is 525. The molecule has 0 radical (unpaired) electrons. The van der Waals surface area contributed by atoms with E-state index in [1.54, 1.807) is 6.08 Å². The van der Waals surface area contributed by atoms with Gasteiger partial charge in [-0.1, -0.05) is 56.1 Å². The van der Waals surface area contributed by atoms with Gasteiger partial charge in [-0.05, 0) is 11.5 Å². The number of H-pyrrole nitrogens is 1. The van der Waals surface area contributed by atoms with Gasteiger partial charge in [-0.25, -0.2) is 4.79 Å². The number of carboxylic acids is 1. The first kappa shape index (κ1) is 16.6. The number of carbonyl (C=O) groups excluding carboxylic acids is 1. The van der Waals surface area contributed by atoms with E-state index in [2.05, 4.69) is 10.3 Å². The number of carboxylic acid groups (broad SMARTS) is 1. The van der Waals surface area contributed by atoms with Crippen molar-refractivity contribution in [2.45, 2.75) is 26.8 Å². The molecule has 0 spiro atoms. The summed E-state index contributed by atoms with van der Waals surface area (Å²) in [6.45, 7) is 5.78. The summed E-state index contributed by atoms with van der Waals surface area (Å²) in [6, 6.07) is 0.216. The third-order valence-corrected chi connectivity index (χ3v) is 3.00. The largest absolute Gasteiger partial charge is 0.479 e. The molecule has 1 atom stereocenters. The summed E-state index contributed by atoms with van der Waals surface area (Å²) in [7, 11) is 0. The average Bonchev–Trinajstić information content (AvgIpc) is 2.63. The van der Waals surface area contributed by atoms with Crippen molar-refractivity contribution in [3.8, 4) is 0 Å². The van der Waals surface area contributed by atoms with Crippen molar-refractivity contribution in [1.82, 2.24) is 10.3 Å². The van der Waals surface area contributed by atoms with Crippen molar-refractivity contribution in [2.75, 3.05) is 0 Å². The van der Waals surface area contributed by atoms with Crippen LogP contribution in [0.4, 0.5) is 0 Å². The van der Waals surface area contributed by atoms with E-state index in [1.165, 1.54) is 12.1 Å². The smallest absolute Gasteiger partial charge is 0.330 e. The summed E-state index contributed by atoms with van der Waals surface area (Å²) in [5.41, 5.74) is -0.0762. The minimum absolute atomic E-state index is 0.107. The Morgan fingerprint density at radius 2 is 2.00 bits per heavy atom. The third-order valence-electron chi connectivity index (χ3n) is 2.31. The van der Waals surface area contributed by atoms with E-state index in [9.17, 15) is 9.59 Å². The second kappa shape index (κ2) is 6.33. The van der Waals surface area contributed by atoms with Crippen LogP contribution < -0.4 is 5.32 Å². The summed E-state index contributed by atoms with van der Waals surface area (Å²) in [5, 5.41) is 11.8. The Hall–Kier alpha value is -1.46. The Morgan fingerprint density at radius 3 is 2.40 bits per heavy atom. The molecule has 0 aromatic carbocycles. The van der Waals surface area contributed by atoms with E-state index in [1.807, 2.05) is 20.8 Å². The Morgan fingerprint density at radius 1 is 1.40 bits per heavy atom. The van der Waals surface area contributed by atoms with Crippen LogP contribution in [0.2, 0.25) is 10.2 Å². The molecule has 3 N–H and O–H groups in total. The molecule has 0 aliphatic carbocycles. The molecule has 0 saturated heterocycles. The maximum Gasteiger partial charge on any atom is 0.330 e. The van der Waals surface area contributed by atoms with Crippen molar-refractivity contribution < 1.29 is 14.7 Å². The van der Waals surface area contributed by atoms with Crippen LogP contribution in [0, 0.1) is 5.41 Å². The molecule has 1 unspecified atom stereocenters. The number of hydrogen-bond donors (Lipinski definition) is 3. The molecule has 0 aliphatic rings. The van der Waals surface area contributed by atoms with Crippen molar-refractivity contribution in [3.05, 3.63) is 34.1 Å². The lowest BCUT2D eigenvalue weighted by Crippen LogP contribution is -2.39. The minimum atomic E-state index is -1.15. The highest BCUT2D eigenvalue weighted by molar-refractivity contribution is 6.41. The van der Waals surface area contributed by atoms with E-state index in [-0.39, 0.29) is 21.3 Å². The highest BCUT2D eigenvalue weighted by atomic mass is 35.5. The number of hydrogen-bond acceptors (Lipinski definition) is 2. The van der Waals surface area contributed by atoms with Crippen LogP contribution in [0.15, 0.2) is 18.2 Å². The number of nitrogens with one attached hydrogen (secondary N) is 2. The summed E-state index contributed by atoms with van der Waals surface area (Å²) in [4.78, 5) is 25.6. The molecule has 1 aromatic heterocycles. The van der Waals surface area contributed by atoms with E-state index in [0.29, 0.717) is 0 Å². The van der Waals surface area contributed by atoms with E-state index in [4.69, 9.17) is 28.3 Å². The zero-order valence-electron chi connectivity index (χ0n) is 11.3. The van der Waals surface area contributed by atoms with Gasteiger partial charge in [0.05, 0.1) is 5.02 Å². The number of halogens is 2. The van der Waals surface area contributed by atoms with Crippen molar-refractivity contribution in [1.29, 1.82) is 0 Å². The number of amides is 1. The predicted molar refractivity (Wildman–Crippen MR) is 78.3 cm³/mol. The second-order valence-corrected chi connectivity index (χ2v) is 6.14. The molecule has 1 rings (SSSR count). The topological polar surface area (TPSA) is 82.2 Å². The van der Waals surface area contributed by atoms with Crippen LogP contribution in [0.1, 0.15) is 31.3 Å². The predicted octanol–water partition coefficient (Wildman–Crippen LogP) is 3.11. The van der Waals surface area contributed by atoms with Crippen LogP contribution in [-0.4, -0.2) is 28.0 Å². The van der Waals surface area contributed by atoms with Gasteiger partial charge in [-0.2, -0.15) is 0 Å². The van der Waals surface area contributed by atoms with Crippen LogP contribution in [0.3, 0.4) is 0 Å². The van der Waals surface area contributed by atoms with Gasteiger partial charge in [0.15, 0.2) is 0 Å². The fourth-order valence-electron chi connectivity index (χ4n) is 1.32. The molecule has 7 heteroatoms. The molecule has 0 aliphatic heterocycles. The van der Waals surface area contributed by atoms with Crippen LogP contribution >= 0.6 is 23.2 Å². The maximum atomic E-state index is 11.9. The second-order valence-electron chi connectivity index (χ2n) is 5.36. The van der Waals surface area contributed by atoms with Gasteiger partial charge in [0, 0.05) is 0 Å². The summed E-state index contributed by atoms with van der Waals surface area (Å²) in [5.74, 6) is -1.74. The number of rotatable bonds is 4. The molecule has 20 heavy (non-hydrogen) atoms. The summed E-state index contributed by atoms with van der Waals surface area (Å²) in [6.07, 6.45) is 3.16. The van der Waals surface area contributed by atoms with Crippen molar-refractivity contribution >= 4 is 35.1 Å². The zero-order valence-corrected chi connectivity index (χ0v) is 12.8. The SMILES string of the molecule is CC(C)(C)/C=C/C(NC(=O)c1cc(Cl)c(Cl)[nH]1)C(=O)O.